The van der Waals surface area contributed by atoms with Crippen LogP contribution in [-0.4, -0.2) is 25.5 Å². The zero-order valence-electron chi connectivity index (χ0n) is 11.0. The van der Waals surface area contributed by atoms with Crippen molar-refractivity contribution >= 4 is 11.9 Å². The number of nitrogens with one attached hydrogen (secondary N) is 1. The lowest BCUT2D eigenvalue weighted by Gasteiger charge is -2.31. The summed E-state index contributed by atoms with van der Waals surface area (Å²) in [4.78, 5) is 23.7. The number of amides is 1. The molecule has 1 unspecified atom stereocenters. The summed E-state index contributed by atoms with van der Waals surface area (Å²) in [5, 5.41) is 2.97. The fourth-order valence-electron chi connectivity index (χ4n) is 3.27. The Kier molecular flexibility index (Phi) is 2.81. The van der Waals surface area contributed by atoms with Crippen LogP contribution in [0.15, 0.2) is 18.2 Å². The molecule has 4 heteroatoms. The third-order valence-electron chi connectivity index (χ3n) is 4.28. The van der Waals surface area contributed by atoms with E-state index >= 15 is 0 Å². The van der Waals surface area contributed by atoms with Gasteiger partial charge in [-0.25, -0.2) is 4.79 Å². The van der Waals surface area contributed by atoms with Gasteiger partial charge in [0, 0.05) is 6.54 Å². The summed E-state index contributed by atoms with van der Waals surface area (Å²) < 4.78 is 4.74. The van der Waals surface area contributed by atoms with Crippen LogP contribution in [0, 0.1) is 5.41 Å². The number of esters is 1. The Labute approximate surface area is 112 Å². The molecule has 1 aliphatic heterocycles. The largest absolute Gasteiger partial charge is 0.465 e. The molecule has 4 nitrogen and oxygen atoms in total. The van der Waals surface area contributed by atoms with Gasteiger partial charge in [-0.15, -0.1) is 0 Å². The van der Waals surface area contributed by atoms with Gasteiger partial charge in [0.05, 0.1) is 18.1 Å². The van der Waals surface area contributed by atoms with Gasteiger partial charge < -0.3 is 10.1 Å². The third kappa shape index (κ3) is 1.91. The van der Waals surface area contributed by atoms with Gasteiger partial charge in [0.2, 0.25) is 5.91 Å². The van der Waals surface area contributed by atoms with Gasteiger partial charge in [-0.3, -0.25) is 4.79 Å². The summed E-state index contributed by atoms with van der Waals surface area (Å²) in [6.07, 6.45) is 3.49. The Balaban J connectivity index is 1.91. The monoisotopic (exact) mass is 259 g/mol. The van der Waals surface area contributed by atoms with Gasteiger partial charge in [-0.2, -0.15) is 0 Å². The van der Waals surface area contributed by atoms with Crippen molar-refractivity contribution in [2.75, 3.05) is 13.7 Å². The molecule has 1 spiro atoms. The number of ether oxygens (including phenoxy) is 1. The first-order valence-electron chi connectivity index (χ1n) is 6.63. The fraction of sp³-hybridized carbons (Fsp3) is 0.467. The average Bonchev–Trinajstić information content (AvgIpc) is 2.79. The maximum Gasteiger partial charge on any atom is 0.337 e. The topological polar surface area (TPSA) is 55.4 Å². The molecule has 0 radical (unpaired) electrons. The predicted molar refractivity (Wildman–Crippen MR) is 69.9 cm³/mol. The molecule has 3 rings (SSSR count). The van der Waals surface area contributed by atoms with Crippen LogP contribution in [0.25, 0.3) is 0 Å². The Morgan fingerprint density at radius 1 is 1.32 bits per heavy atom. The second-order valence-corrected chi connectivity index (χ2v) is 5.47. The van der Waals surface area contributed by atoms with E-state index in [9.17, 15) is 9.59 Å². The Hall–Kier alpha value is -1.84. The summed E-state index contributed by atoms with van der Waals surface area (Å²) in [5.74, 6) is -0.161. The minimum absolute atomic E-state index is 0.162. The highest BCUT2D eigenvalue weighted by atomic mass is 16.5. The van der Waals surface area contributed by atoms with Crippen LogP contribution >= 0.6 is 0 Å². The number of carbonyl (C=O) groups excluding carboxylic acids is 2. The minimum Gasteiger partial charge on any atom is -0.465 e. The summed E-state index contributed by atoms with van der Waals surface area (Å²) in [7, 11) is 1.38. The first-order valence-corrected chi connectivity index (χ1v) is 6.63. The number of hydrogen-bond acceptors (Lipinski definition) is 3. The highest BCUT2D eigenvalue weighted by molar-refractivity contribution is 5.90. The van der Waals surface area contributed by atoms with Crippen LogP contribution < -0.4 is 5.32 Å². The Morgan fingerprint density at radius 2 is 2.11 bits per heavy atom. The van der Waals surface area contributed by atoms with E-state index < -0.39 is 0 Å². The van der Waals surface area contributed by atoms with E-state index in [1.165, 1.54) is 12.7 Å². The SMILES string of the molecule is COC(=O)c1ccc2c(c1)CC1(CCCNC1=O)C2. The summed E-state index contributed by atoms with van der Waals surface area (Å²) in [6, 6.07) is 5.61. The van der Waals surface area contributed by atoms with Gasteiger partial charge >= 0.3 is 5.97 Å². The highest BCUT2D eigenvalue weighted by Gasteiger charge is 2.44. The van der Waals surface area contributed by atoms with E-state index in [1.807, 2.05) is 12.1 Å². The predicted octanol–water partition coefficient (Wildman–Crippen LogP) is 1.47. The van der Waals surface area contributed by atoms with Crippen LogP contribution in [0.2, 0.25) is 0 Å². The molecule has 100 valence electrons. The van der Waals surface area contributed by atoms with Gasteiger partial charge in [0.15, 0.2) is 0 Å². The fourth-order valence-corrected chi connectivity index (χ4v) is 3.27. The molecule has 0 saturated carbocycles. The number of fused-ring (bicyclic) bond motifs is 1. The zero-order valence-corrected chi connectivity index (χ0v) is 11.0. The van der Waals surface area contributed by atoms with Crippen LogP contribution in [0.1, 0.15) is 34.3 Å². The van der Waals surface area contributed by atoms with E-state index in [0.29, 0.717) is 5.56 Å². The summed E-state index contributed by atoms with van der Waals surface area (Å²) >= 11 is 0. The van der Waals surface area contributed by atoms with E-state index in [1.54, 1.807) is 6.07 Å². The van der Waals surface area contributed by atoms with Crippen molar-refractivity contribution in [1.29, 1.82) is 0 Å². The highest BCUT2D eigenvalue weighted by Crippen LogP contribution is 2.42. The molecular weight excluding hydrogens is 242 g/mol. The molecule has 0 aromatic heterocycles. The van der Waals surface area contributed by atoms with Gasteiger partial charge in [0.25, 0.3) is 0 Å². The normalized spacial score (nSPS) is 25.0. The quantitative estimate of drug-likeness (QED) is 0.777. The van der Waals surface area contributed by atoms with E-state index in [4.69, 9.17) is 4.74 Å². The maximum absolute atomic E-state index is 12.2. The number of hydrogen-bond donors (Lipinski definition) is 1. The molecule has 0 bridgehead atoms. The smallest absolute Gasteiger partial charge is 0.337 e. The number of benzene rings is 1. The van der Waals surface area contributed by atoms with Crippen molar-refractivity contribution in [2.45, 2.75) is 25.7 Å². The lowest BCUT2D eigenvalue weighted by molar-refractivity contribution is -0.133. The number of methoxy groups -OCH3 is 1. The maximum atomic E-state index is 12.2. The van der Waals surface area contributed by atoms with E-state index in [-0.39, 0.29) is 17.3 Å². The number of rotatable bonds is 1. The molecule has 1 aliphatic carbocycles. The Bertz CT molecular complexity index is 552. The number of carbonyl (C=O) groups is 2. The van der Waals surface area contributed by atoms with Crippen LogP contribution in [0.3, 0.4) is 0 Å². The van der Waals surface area contributed by atoms with Gasteiger partial charge in [-0.05, 0) is 48.9 Å². The molecule has 1 amide bonds. The zero-order chi connectivity index (χ0) is 13.5. The average molecular weight is 259 g/mol. The van der Waals surface area contributed by atoms with Crippen LogP contribution in [0.4, 0.5) is 0 Å². The second-order valence-electron chi connectivity index (χ2n) is 5.47. The van der Waals surface area contributed by atoms with Crippen molar-refractivity contribution < 1.29 is 14.3 Å². The standard InChI is InChI=1S/C15H17NO3/c1-19-13(17)10-3-4-11-8-15(9-12(11)7-10)5-2-6-16-14(15)18/h3-4,7H,2,5-6,8-9H2,1H3,(H,16,18). The molecule has 19 heavy (non-hydrogen) atoms. The van der Waals surface area contributed by atoms with Crippen molar-refractivity contribution in [1.82, 2.24) is 5.32 Å². The van der Waals surface area contributed by atoms with Gasteiger partial charge in [-0.1, -0.05) is 6.07 Å². The van der Waals surface area contributed by atoms with E-state index in [0.717, 1.165) is 37.8 Å². The molecule has 1 N–H and O–H groups in total. The lowest BCUT2D eigenvalue weighted by Crippen LogP contribution is -2.46. The molecule has 1 fully saturated rings. The van der Waals surface area contributed by atoms with Crippen LogP contribution in [-0.2, 0) is 22.4 Å². The van der Waals surface area contributed by atoms with Crippen molar-refractivity contribution in [3.8, 4) is 0 Å². The summed E-state index contributed by atoms with van der Waals surface area (Å²) in [5.41, 5.74) is 2.58. The van der Waals surface area contributed by atoms with Crippen molar-refractivity contribution in [2.24, 2.45) is 5.41 Å². The molecular formula is C15H17NO3. The van der Waals surface area contributed by atoms with Gasteiger partial charge in [0.1, 0.15) is 0 Å². The second kappa shape index (κ2) is 4.37. The number of piperidine rings is 1. The molecule has 1 aromatic rings. The van der Waals surface area contributed by atoms with Crippen LogP contribution in [0.5, 0.6) is 0 Å². The molecule has 1 aromatic carbocycles. The Morgan fingerprint density at radius 3 is 2.84 bits per heavy atom. The molecule has 1 atom stereocenters. The molecule has 1 saturated heterocycles. The van der Waals surface area contributed by atoms with Crippen molar-refractivity contribution in [3.63, 3.8) is 0 Å². The summed E-state index contributed by atoms with van der Waals surface area (Å²) in [6.45, 7) is 0.782. The van der Waals surface area contributed by atoms with E-state index in [2.05, 4.69) is 5.32 Å². The molecule has 2 aliphatic rings. The first kappa shape index (κ1) is 12.2. The van der Waals surface area contributed by atoms with Crippen molar-refractivity contribution in [3.05, 3.63) is 34.9 Å². The molecule has 1 heterocycles. The third-order valence-corrected chi connectivity index (χ3v) is 4.28. The minimum atomic E-state index is -0.322. The lowest BCUT2D eigenvalue weighted by atomic mass is 9.77. The first-order chi connectivity index (χ1) is 9.14.